The van der Waals surface area contributed by atoms with Crippen molar-refractivity contribution in [1.29, 1.82) is 0 Å². The maximum Gasteiger partial charge on any atom is 0.254 e. The van der Waals surface area contributed by atoms with Crippen LogP contribution in [0.1, 0.15) is 0 Å². The van der Waals surface area contributed by atoms with Gasteiger partial charge in [-0.3, -0.25) is 9.69 Å². The summed E-state index contributed by atoms with van der Waals surface area (Å²) in [5, 5.41) is 0.510. The summed E-state index contributed by atoms with van der Waals surface area (Å²) in [6.45, 7) is 7.82. The molecule has 0 bridgehead atoms. The van der Waals surface area contributed by atoms with E-state index in [2.05, 4.69) is 11.6 Å². The molecule has 34 heavy (non-hydrogen) atoms. The Kier molecular flexibility index (Phi) is 7.71. The topological polar surface area (TPSA) is 146 Å². The second-order valence-electron chi connectivity index (χ2n) is 7.91. The number of amides is 1. The monoisotopic (exact) mass is 503 g/mol. The number of halogens is 1. The fraction of sp³-hybridized carbons (Fsp3) is 0.217. The van der Waals surface area contributed by atoms with Crippen LogP contribution in [0.25, 0.3) is 0 Å². The summed E-state index contributed by atoms with van der Waals surface area (Å²) in [5.41, 5.74) is 19.1. The number of carbonyl (C=O) groups excluding carboxylic acids is 1. The molecule has 11 heteroatoms. The number of rotatable bonds is 8. The van der Waals surface area contributed by atoms with Gasteiger partial charge in [-0.2, -0.15) is 0 Å². The highest BCUT2D eigenvalue weighted by Crippen LogP contribution is 2.41. The van der Waals surface area contributed by atoms with E-state index in [1.165, 1.54) is 11.0 Å². The number of amidine groups is 1. The number of nitrogens with two attached hydrogens (primary N) is 3. The van der Waals surface area contributed by atoms with Gasteiger partial charge in [-0.15, -0.1) is 0 Å². The predicted octanol–water partition coefficient (Wildman–Crippen LogP) is 3.17. The zero-order chi connectivity index (χ0) is 25.0. The third kappa shape index (κ3) is 5.62. The number of hydrogen-bond donors (Lipinski definition) is 3. The zero-order valence-electron chi connectivity index (χ0n) is 18.9. The van der Waals surface area contributed by atoms with Crippen LogP contribution in [0.4, 0.5) is 22.7 Å². The summed E-state index contributed by atoms with van der Waals surface area (Å²) in [6, 6.07) is 9.92. The Morgan fingerprint density at radius 3 is 2.44 bits per heavy atom. The molecule has 2 aromatic rings. The summed E-state index contributed by atoms with van der Waals surface area (Å²) in [6.07, 6.45) is 2.23. The fourth-order valence-corrected chi connectivity index (χ4v) is 4.35. The Morgan fingerprint density at radius 1 is 1.26 bits per heavy atom. The van der Waals surface area contributed by atoms with Gasteiger partial charge >= 0.3 is 0 Å². The molecule has 0 saturated carbocycles. The third-order valence-electron chi connectivity index (χ3n) is 4.98. The van der Waals surface area contributed by atoms with Crippen molar-refractivity contribution in [2.75, 3.05) is 37.2 Å². The lowest BCUT2D eigenvalue weighted by molar-refractivity contribution is -0.113. The average Bonchev–Trinajstić information content (AvgIpc) is 2.76. The molecule has 0 aromatic heterocycles. The molecule has 1 fully saturated rings. The van der Waals surface area contributed by atoms with E-state index < -0.39 is 13.0 Å². The molecule has 2 aromatic carbocycles. The molecule has 6 N–H and O–H groups in total. The average molecular weight is 504 g/mol. The third-order valence-corrected chi connectivity index (χ3v) is 6.84. The van der Waals surface area contributed by atoms with Gasteiger partial charge in [0, 0.05) is 11.5 Å². The van der Waals surface area contributed by atoms with Gasteiger partial charge in [0.25, 0.3) is 5.91 Å². The number of carbonyl (C=O) groups is 1. The van der Waals surface area contributed by atoms with Crippen molar-refractivity contribution in [3.63, 3.8) is 0 Å². The Morgan fingerprint density at radius 2 is 1.91 bits per heavy atom. The molecule has 1 saturated heterocycles. The van der Waals surface area contributed by atoms with Crippen molar-refractivity contribution >= 4 is 58.5 Å². The van der Waals surface area contributed by atoms with Gasteiger partial charge in [0.1, 0.15) is 24.8 Å². The number of benzene rings is 2. The van der Waals surface area contributed by atoms with Crippen LogP contribution in [-0.4, -0.2) is 44.4 Å². The molecule has 1 amide bonds. The minimum Gasteiger partial charge on any atom is -0.483 e. The van der Waals surface area contributed by atoms with Crippen molar-refractivity contribution in [3.8, 4) is 5.75 Å². The number of nitrogen functional groups attached to an aromatic ring is 1. The van der Waals surface area contributed by atoms with E-state index in [0.717, 1.165) is 6.20 Å². The fourth-order valence-electron chi connectivity index (χ4n) is 3.20. The van der Waals surface area contributed by atoms with Gasteiger partial charge in [0.05, 0.1) is 41.0 Å². The summed E-state index contributed by atoms with van der Waals surface area (Å²) in [5.74, 6) is 0.0353. The van der Waals surface area contributed by atoms with E-state index in [1.54, 1.807) is 49.7 Å². The highest BCUT2D eigenvalue weighted by Gasteiger charge is 2.24. The molecule has 9 nitrogen and oxygen atoms in total. The number of hydrogen-bond acceptors (Lipinski definition) is 7. The number of nitrogens with zero attached hydrogens (tertiary/aromatic N) is 2. The first-order valence-electron chi connectivity index (χ1n) is 10.3. The smallest absolute Gasteiger partial charge is 0.254 e. The van der Waals surface area contributed by atoms with Crippen molar-refractivity contribution in [1.82, 2.24) is 0 Å². The van der Waals surface area contributed by atoms with Gasteiger partial charge < -0.3 is 31.2 Å². The number of aliphatic imine (C=N–C) groups is 1. The zero-order valence-corrected chi connectivity index (χ0v) is 20.6. The van der Waals surface area contributed by atoms with Crippen LogP contribution in [0.2, 0.25) is 0 Å². The summed E-state index contributed by atoms with van der Waals surface area (Å²) in [4.78, 5) is 18.6. The SMILES string of the molecule is C=CC(=O)N(c1ccc(OC2COC2)c(N)c1)c1ccc(P(C)(C)=O)c(N=C(N)/C(Cl)=C\N)c1. The summed E-state index contributed by atoms with van der Waals surface area (Å²) >= 11 is 5.99. The van der Waals surface area contributed by atoms with Gasteiger partial charge in [0.15, 0.2) is 0 Å². The lowest BCUT2D eigenvalue weighted by Gasteiger charge is -2.28. The van der Waals surface area contributed by atoms with E-state index >= 15 is 0 Å². The molecule has 1 aliphatic heterocycles. The van der Waals surface area contributed by atoms with E-state index in [4.69, 9.17) is 38.3 Å². The standard InChI is InChI=1S/C23H27ClN5O4P/c1-4-22(30)29(14-5-7-20(18(26)9-14)33-16-12-32-13-16)15-6-8-21(34(2,3)31)19(10-15)28-23(27)17(24)11-25/h4-11,16H,1,12-13,25-26H2,2-3H3,(H2,27,28)/b17-11+. The first kappa shape index (κ1) is 25.4. The van der Waals surface area contributed by atoms with Crippen LogP contribution in [0.5, 0.6) is 5.75 Å². The molecule has 0 unspecified atom stereocenters. The molecule has 0 atom stereocenters. The van der Waals surface area contributed by atoms with Crippen LogP contribution in [0.15, 0.2) is 65.3 Å². The van der Waals surface area contributed by atoms with Crippen molar-refractivity contribution in [2.45, 2.75) is 6.10 Å². The molecule has 180 valence electrons. The normalized spacial score (nSPS) is 14.9. The van der Waals surface area contributed by atoms with Gasteiger partial charge in [-0.1, -0.05) is 18.2 Å². The number of ether oxygens (including phenoxy) is 2. The molecule has 1 heterocycles. The predicted molar refractivity (Wildman–Crippen MR) is 138 cm³/mol. The van der Waals surface area contributed by atoms with Crippen LogP contribution in [0.3, 0.4) is 0 Å². The van der Waals surface area contributed by atoms with Gasteiger partial charge in [-0.05, 0) is 55.8 Å². The van der Waals surface area contributed by atoms with Gasteiger partial charge in [0.2, 0.25) is 0 Å². The van der Waals surface area contributed by atoms with E-state index in [9.17, 15) is 9.36 Å². The Balaban J connectivity index is 2.10. The Hall–Kier alpha value is -3.26. The number of anilines is 3. The Bertz CT molecular complexity index is 1220. The van der Waals surface area contributed by atoms with Crippen LogP contribution in [0, 0.1) is 0 Å². The van der Waals surface area contributed by atoms with Crippen LogP contribution >= 0.6 is 18.7 Å². The lowest BCUT2D eigenvalue weighted by Crippen LogP contribution is -2.38. The first-order valence-corrected chi connectivity index (χ1v) is 13.2. The van der Waals surface area contributed by atoms with E-state index in [-0.39, 0.29) is 17.0 Å². The van der Waals surface area contributed by atoms with E-state index in [1.807, 2.05) is 0 Å². The molecule has 3 rings (SSSR count). The van der Waals surface area contributed by atoms with Crippen LogP contribution < -0.4 is 32.1 Å². The van der Waals surface area contributed by atoms with Crippen molar-refractivity contribution < 1.29 is 18.8 Å². The molecule has 1 aliphatic rings. The van der Waals surface area contributed by atoms with Crippen molar-refractivity contribution in [3.05, 3.63) is 60.3 Å². The quantitative estimate of drug-likeness (QED) is 0.165. The molecule has 0 spiro atoms. The minimum absolute atomic E-state index is 0.0395. The lowest BCUT2D eigenvalue weighted by atomic mass is 10.2. The van der Waals surface area contributed by atoms with Crippen molar-refractivity contribution in [2.24, 2.45) is 16.5 Å². The molecular weight excluding hydrogens is 477 g/mol. The first-order chi connectivity index (χ1) is 16.0. The Labute approximate surface area is 203 Å². The highest BCUT2D eigenvalue weighted by atomic mass is 35.5. The highest BCUT2D eigenvalue weighted by molar-refractivity contribution is 7.70. The molecule has 0 aliphatic carbocycles. The second-order valence-corrected chi connectivity index (χ2v) is 11.5. The second kappa shape index (κ2) is 10.3. The maximum atomic E-state index is 12.9. The summed E-state index contributed by atoms with van der Waals surface area (Å²) < 4.78 is 23.8. The van der Waals surface area contributed by atoms with Crippen LogP contribution in [-0.2, 0) is 14.1 Å². The van der Waals surface area contributed by atoms with Gasteiger partial charge in [-0.25, -0.2) is 4.99 Å². The summed E-state index contributed by atoms with van der Waals surface area (Å²) in [7, 11) is -2.76. The minimum atomic E-state index is -2.76. The van der Waals surface area contributed by atoms with E-state index in [0.29, 0.717) is 47.0 Å². The molecule has 0 radical (unpaired) electrons. The molecular formula is C23H27ClN5O4P. The largest absolute Gasteiger partial charge is 0.483 e. The maximum absolute atomic E-state index is 12.9.